The number of aryl methyl sites for hydroxylation is 1. The Bertz CT molecular complexity index is 3310. The summed E-state index contributed by atoms with van der Waals surface area (Å²) in [7, 11) is -2.59. The number of hydrogen-bond donors (Lipinski definition) is 2. The number of nitrogens with zero attached hydrogens (tertiary/aromatic N) is 7. The van der Waals surface area contributed by atoms with E-state index in [0.717, 1.165) is 29.0 Å². The molecule has 2 N–H and O–H groups in total. The highest BCUT2D eigenvalue weighted by atomic mass is 35.5. The molecule has 9 rings (SSSR count). The van der Waals surface area contributed by atoms with Gasteiger partial charge in [-0.1, -0.05) is 23.2 Å². The molecule has 2 unspecified atom stereocenters. The van der Waals surface area contributed by atoms with Crippen molar-refractivity contribution >= 4 is 66.9 Å². The van der Waals surface area contributed by atoms with Gasteiger partial charge in [-0.05, 0) is 60.4 Å². The fraction of sp³-hybridized carbons (Fsp3) is 0.250. The lowest BCUT2D eigenvalue weighted by Crippen LogP contribution is -2.38. The zero-order valence-corrected chi connectivity index (χ0v) is 34.9. The van der Waals surface area contributed by atoms with Crippen LogP contribution in [0.15, 0.2) is 59.4 Å². The fourth-order valence-electron chi connectivity index (χ4n) is 8.33. The number of carbonyl (C=O) groups is 1. The third-order valence-corrected chi connectivity index (χ3v) is 12.1. The van der Waals surface area contributed by atoms with E-state index in [2.05, 4.69) is 30.2 Å². The van der Waals surface area contributed by atoms with Crippen LogP contribution in [0, 0.1) is 29.2 Å². The first-order valence-electron chi connectivity index (χ1n) is 18.8. The number of carbonyl (C=O) groups excluding carboxylic acids is 1. The van der Waals surface area contributed by atoms with Crippen molar-refractivity contribution in [2.75, 3.05) is 11.0 Å². The van der Waals surface area contributed by atoms with E-state index in [4.69, 9.17) is 23.2 Å². The van der Waals surface area contributed by atoms with Gasteiger partial charge in [0.25, 0.3) is 17.9 Å². The van der Waals surface area contributed by atoms with Crippen molar-refractivity contribution in [3.8, 4) is 16.9 Å². The molecule has 332 valence electrons. The largest absolute Gasteiger partial charge is 0.344 e. The molecule has 3 atom stereocenters. The van der Waals surface area contributed by atoms with Gasteiger partial charge in [-0.15, -0.1) is 0 Å². The Morgan fingerprint density at radius 3 is 2.36 bits per heavy atom. The normalized spacial score (nSPS) is 17.0. The highest BCUT2D eigenvalue weighted by Crippen LogP contribution is 2.68. The third-order valence-electron chi connectivity index (χ3n) is 11.0. The Morgan fingerprint density at radius 1 is 0.953 bits per heavy atom. The van der Waals surface area contributed by atoms with E-state index in [1.54, 1.807) is 0 Å². The van der Waals surface area contributed by atoms with Crippen molar-refractivity contribution < 1.29 is 48.3 Å². The standard InChI is InChI=1S/C40H27Cl2F8N9O4S/c1-57-33-28(6-4-22(41)31(33)37(55-57)56-64(2,62)63)59-38(53-36-18(39(59)61)3-5-26(52-36)20-12-23(42)25(46)13-24(20)45)27(9-15-7-16(43)10-17(44)8-15)51-29(60)14-58-34-30(32(54-58)35(47)48)19-11-21(19)40(34,49)50/h3-8,10,12-13,19,21,27,35H,9,11,14H2,1-2H3,(H,51,60)(H,55,56)/t19?,21?,27-/m0/s1. The van der Waals surface area contributed by atoms with Gasteiger partial charge in [-0.25, -0.2) is 44.7 Å². The lowest BCUT2D eigenvalue weighted by atomic mass is 10.0. The van der Waals surface area contributed by atoms with E-state index >= 15 is 13.2 Å². The van der Waals surface area contributed by atoms with Gasteiger partial charge in [0.15, 0.2) is 11.5 Å². The summed E-state index contributed by atoms with van der Waals surface area (Å²) in [6, 6.07) is 7.15. The molecule has 4 aromatic heterocycles. The number of benzene rings is 3. The first-order valence-corrected chi connectivity index (χ1v) is 21.5. The van der Waals surface area contributed by atoms with Crippen LogP contribution < -0.4 is 15.6 Å². The fourth-order valence-corrected chi connectivity index (χ4v) is 9.23. The zero-order valence-electron chi connectivity index (χ0n) is 32.6. The second kappa shape index (κ2) is 15.3. The average molecular weight is 953 g/mol. The number of pyridine rings is 1. The summed E-state index contributed by atoms with van der Waals surface area (Å²) in [6.07, 6.45) is -3.05. The number of halogens is 10. The van der Waals surface area contributed by atoms with Crippen LogP contribution in [0.25, 0.3) is 38.9 Å². The third kappa shape index (κ3) is 7.39. The number of anilines is 1. The summed E-state index contributed by atoms with van der Waals surface area (Å²) in [5.74, 6) is -11.9. The number of fused-ring (bicyclic) bond motifs is 5. The van der Waals surface area contributed by atoms with Crippen molar-refractivity contribution in [1.82, 2.24) is 39.4 Å². The van der Waals surface area contributed by atoms with E-state index in [9.17, 15) is 40.0 Å². The number of sulfonamides is 1. The van der Waals surface area contributed by atoms with Gasteiger partial charge < -0.3 is 5.32 Å². The summed E-state index contributed by atoms with van der Waals surface area (Å²) < 4.78 is 148. The molecule has 0 radical (unpaired) electrons. The number of amides is 1. The van der Waals surface area contributed by atoms with E-state index in [0.29, 0.717) is 16.8 Å². The second-order valence-electron chi connectivity index (χ2n) is 15.3. The van der Waals surface area contributed by atoms with Crippen LogP contribution >= 0.6 is 23.2 Å². The molecule has 13 nitrogen and oxygen atoms in total. The predicted octanol–water partition coefficient (Wildman–Crippen LogP) is 8.01. The topological polar surface area (TPSA) is 159 Å². The van der Waals surface area contributed by atoms with Crippen molar-refractivity contribution in [1.29, 1.82) is 0 Å². The Hall–Kier alpha value is -6.13. The molecule has 2 aliphatic rings. The second-order valence-corrected chi connectivity index (χ2v) is 17.9. The van der Waals surface area contributed by atoms with Crippen LogP contribution in [0.4, 0.5) is 40.9 Å². The summed E-state index contributed by atoms with van der Waals surface area (Å²) >= 11 is 12.5. The number of nitrogens with one attached hydrogen (secondary N) is 2. The summed E-state index contributed by atoms with van der Waals surface area (Å²) in [6.45, 7) is -1.07. The van der Waals surface area contributed by atoms with Crippen LogP contribution in [0.1, 0.15) is 53.1 Å². The molecule has 0 aliphatic heterocycles. The lowest BCUT2D eigenvalue weighted by molar-refractivity contribution is -0.123. The summed E-state index contributed by atoms with van der Waals surface area (Å²) in [5, 5.41) is 9.70. The molecule has 1 amide bonds. The number of aromatic nitrogens is 7. The van der Waals surface area contributed by atoms with E-state index in [1.807, 2.05) is 0 Å². The van der Waals surface area contributed by atoms with Crippen molar-refractivity contribution in [3.05, 3.63) is 127 Å². The first-order chi connectivity index (χ1) is 30.1. The monoisotopic (exact) mass is 951 g/mol. The van der Waals surface area contributed by atoms with Crippen LogP contribution in [0.3, 0.4) is 0 Å². The highest BCUT2D eigenvalue weighted by Gasteiger charge is 2.67. The van der Waals surface area contributed by atoms with E-state index in [-0.39, 0.29) is 61.6 Å². The van der Waals surface area contributed by atoms with Crippen LogP contribution in [0.2, 0.25) is 10.0 Å². The maximum absolute atomic E-state index is 15.5. The minimum absolute atomic E-state index is 0.00469. The molecule has 0 spiro atoms. The van der Waals surface area contributed by atoms with Crippen molar-refractivity contribution in [2.45, 2.75) is 43.7 Å². The maximum atomic E-state index is 15.5. The Kier molecular flexibility index (Phi) is 10.3. The molecule has 3 aromatic carbocycles. The molecular formula is C40H27Cl2F8N9O4S. The number of hydrogen-bond acceptors (Lipinski definition) is 8. The average Bonchev–Trinajstić information content (AvgIpc) is 3.74. The van der Waals surface area contributed by atoms with E-state index < -0.39 is 116 Å². The summed E-state index contributed by atoms with van der Waals surface area (Å²) in [5.41, 5.74) is -4.23. The van der Waals surface area contributed by atoms with Gasteiger partial charge in [0.2, 0.25) is 15.9 Å². The molecular weight excluding hydrogens is 925 g/mol. The van der Waals surface area contributed by atoms with Gasteiger partial charge in [-0.3, -0.25) is 28.2 Å². The van der Waals surface area contributed by atoms with Gasteiger partial charge in [0.1, 0.15) is 47.0 Å². The molecule has 2 aliphatic carbocycles. The van der Waals surface area contributed by atoms with Crippen LogP contribution in [-0.4, -0.2) is 54.7 Å². The maximum Gasteiger partial charge on any atom is 0.293 e. The molecule has 1 saturated carbocycles. The van der Waals surface area contributed by atoms with Gasteiger partial charge in [0, 0.05) is 42.6 Å². The molecule has 64 heavy (non-hydrogen) atoms. The Balaban J connectivity index is 1.27. The lowest BCUT2D eigenvalue weighted by Gasteiger charge is -2.24. The predicted molar refractivity (Wildman–Crippen MR) is 216 cm³/mol. The van der Waals surface area contributed by atoms with E-state index in [1.165, 1.54) is 36.0 Å². The minimum atomic E-state index is -3.97. The number of rotatable bonds is 11. The summed E-state index contributed by atoms with van der Waals surface area (Å²) in [4.78, 5) is 38.0. The molecule has 0 saturated heterocycles. The van der Waals surface area contributed by atoms with Gasteiger partial charge in [-0.2, -0.15) is 19.0 Å². The molecule has 4 heterocycles. The molecule has 1 fully saturated rings. The first kappa shape index (κ1) is 43.1. The smallest absolute Gasteiger partial charge is 0.293 e. The van der Waals surface area contributed by atoms with Crippen LogP contribution in [0.5, 0.6) is 0 Å². The molecule has 0 bridgehead atoms. The van der Waals surface area contributed by atoms with Gasteiger partial charge >= 0.3 is 0 Å². The highest BCUT2D eigenvalue weighted by molar-refractivity contribution is 7.92. The van der Waals surface area contributed by atoms with Gasteiger partial charge in [0.05, 0.1) is 50.0 Å². The Labute approximate surface area is 364 Å². The number of alkyl halides is 4. The Morgan fingerprint density at radius 2 is 1.67 bits per heavy atom. The minimum Gasteiger partial charge on any atom is -0.344 e. The quantitative estimate of drug-likeness (QED) is 0.0976. The van der Waals surface area contributed by atoms with Crippen molar-refractivity contribution in [2.24, 2.45) is 13.0 Å². The SMILES string of the molecule is Cn1nc(NS(C)(=O)=O)c2c(Cl)ccc(-n3c([C@H](Cc4cc(F)cc(F)c4)NC(=O)Cn4nc(C(F)F)c5c4C(F)(F)C4CC54)nc4nc(-c5cc(Cl)c(F)cc5F)ccc4c3=O)c21. The zero-order chi connectivity index (χ0) is 45.9. The molecule has 24 heteroatoms. The van der Waals surface area contributed by atoms with Crippen LogP contribution in [-0.2, 0) is 40.8 Å². The molecule has 7 aromatic rings. The van der Waals surface area contributed by atoms with Crippen molar-refractivity contribution in [3.63, 3.8) is 0 Å².